The summed E-state index contributed by atoms with van der Waals surface area (Å²) in [5, 5.41) is 9.23. The van der Waals surface area contributed by atoms with E-state index in [0.717, 1.165) is 0 Å². The van der Waals surface area contributed by atoms with Crippen LogP contribution in [0.15, 0.2) is 12.3 Å². The van der Waals surface area contributed by atoms with Crippen molar-refractivity contribution in [3.63, 3.8) is 0 Å². The van der Waals surface area contributed by atoms with Crippen molar-refractivity contribution >= 4 is 17.6 Å². The van der Waals surface area contributed by atoms with E-state index in [-0.39, 0.29) is 0 Å². The predicted molar refractivity (Wildman–Crippen MR) is 53.2 cm³/mol. The number of rotatable bonds is 2. The summed E-state index contributed by atoms with van der Waals surface area (Å²) >= 11 is 5.71. The molecule has 14 heavy (non-hydrogen) atoms. The van der Waals surface area contributed by atoms with E-state index in [4.69, 9.17) is 22.4 Å². The Morgan fingerprint density at radius 3 is 2.71 bits per heavy atom. The average Bonchev–Trinajstić information content (AvgIpc) is 2.09. The van der Waals surface area contributed by atoms with Crippen LogP contribution in [0.1, 0.15) is 18.1 Å². The van der Waals surface area contributed by atoms with Gasteiger partial charge in [0.05, 0.1) is 0 Å². The molecule has 1 aromatic rings. The zero-order valence-corrected chi connectivity index (χ0v) is 8.67. The van der Waals surface area contributed by atoms with Crippen molar-refractivity contribution in [2.24, 2.45) is 5.73 Å². The summed E-state index contributed by atoms with van der Waals surface area (Å²) in [4.78, 5) is 14.7. The van der Waals surface area contributed by atoms with Gasteiger partial charge in [-0.1, -0.05) is 11.6 Å². The van der Waals surface area contributed by atoms with Crippen LogP contribution in [0.3, 0.4) is 0 Å². The van der Waals surface area contributed by atoms with E-state index in [9.17, 15) is 4.79 Å². The Labute approximate surface area is 86.7 Å². The fraction of sp³-hybridized carbons (Fsp3) is 0.333. The number of hydrogen-bond donors (Lipinski definition) is 2. The molecule has 0 fully saturated rings. The first kappa shape index (κ1) is 10.9. The summed E-state index contributed by atoms with van der Waals surface area (Å²) in [6.07, 6.45) is 1.38. The number of nitrogens with zero attached hydrogens (tertiary/aromatic N) is 1. The Bertz CT molecular complexity index is 377. The lowest BCUT2D eigenvalue weighted by molar-refractivity contribution is -0.143. The van der Waals surface area contributed by atoms with Gasteiger partial charge in [0.25, 0.3) is 0 Å². The molecule has 1 heterocycles. The van der Waals surface area contributed by atoms with Gasteiger partial charge in [0.15, 0.2) is 0 Å². The molecule has 0 saturated heterocycles. The standard InChI is InChI=1S/C9H11ClN2O2/c1-5-3-6(4-12-7(5)10)9(2,11)8(13)14/h3-4H,11H2,1-2H3,(H,13,14)/t9-/m1/s1. The van der Waals surface area contributed by atoms with E-state index in [2.05, 4.69) is 4.98 Å². The summed E-state index contributed by atoms with van der Waals surface area (Å²) in [7, 11) is 0. The number of halogens is 1. The number of hydrogen-bond acceptors (Lipinski definition) is 3. The number of carboxylic acids is 1. The number of nitrogens with two attached hydrogens (primary N) is 1. The van der Waals surface area contributed by atoms with E-state index in [1.807, 2.05) is 0 Å². The SMILES string of the molecule is Cc1cc([C@@](C)(N)C(=O)O)cnc1Cl. The first-order valence-corrected chi connectivity index (χ1v) is 4.38. The Hall–Kier alpha value is -1.13. The van der Waals surface area contributed by atoms with Gasteiger partial charge in [0.1, 0.15) is 10.7 Å². The molecule has 0 aromatic carbocycles. The molecule has 0 bridgehead atoms. The molecule has 0 aliphatic carbocycles. The Balaban J connectivity index is 3.21. The minimum Gasteiger partial charge on any atom is -0.480 e. The summed E-state index contributed by atoms with van der Waals surface area (Å²) in [6.45, 7) is 3.16. The van der Waals surface area contributed by atoms with Crippen molar-refractivity contribution in [1.82, 2.24) is 4.98 Å². The molecule has 0 aliphatic heterocycles. The second kappa shape index (κ2) is 3.55. The molecule has 1 aromatic heterocycles. The maximum absolute atomic E-state index is 10.8. The smallest absolute Gasteiger partial charge is 0.328 e. The third-order valence-corrected chi connectivity index (χ3v) is 2.45. The second-order valence-corrected chi connectivity index (χ2v) is 3.70. The lowest BCUT2D eigenvalue weighted by Crippen LogP contribution is -2.41. The summed E-state index contributed by atoms with van der Waals surface area (Å²) in [5.41, 5.74) is 5.34. The van der Waals surface area contributed by atoms with Crippen LogP contribution >= 0.6 is 11.6 Å². The van der Waals surface area contributed by atoms with Crippen LogP contribution in [0.2, 0.25) is 5.15 Å². The van der Waals surface area contributed by atoms with Crippen LogP contribution in [0.4, 0.5) is 0 Å². The lowest BCUT2D eigenvalue weighted by Gasteiger charge is -2.19. The first-order chi connectivity index (χ1) is 6.35. The van der Waals surface area contributed by atoms with Crippen molar-refractivity contribution in [3.05, 3.63) is 28.5 Å². The summed E-state index contributed by atoms with van der Waals surface area (Å²) < 4.78 is 0. The number of aromatic nitrogens is 1. The second-order valence-electron chi connectivity index (χ2n) is 3.34. The molecule has 0 radical (unpaired) electrons. The Morgan fingerprint density at radius 2 is 2.29 bits per heavy atom. The van der Waals surface area contributed by atoms with E-state index < -0.39 is 11.5 Å². The molecule has 4 nitrogen and oxygen atoms in total. The molecular formula is C9H11ClN2O2. The average molecular weight is 215 g/mol. The Kier molecular flexibility index (Phi) is 2.78. The number of carbonyl (C=O) groups is 1. The fourth-order valence-electron chi connectivity index (χ4n) is 0.966. The molecule has 76 valence electrons. The predicted octanol–water partition coefficient (Wildman–Crippen LogP) is 1.30. The number of carboxylic acid groups (broad SMARTS) is 1. The minimum absolute atomic E-state index is 0.356. The van der Waals surface area contributed by atoms with E-state index in [0.29, 0.717) is 16.3 Å². The molecule has 1 rings (SSSR count). The third-order valence-electron chi connectivity index (χ3n) is 2.06. The normalized spacial score (nSPS) is 14.9. The molecule has 5 heteroatoms. The minimum atomic E-state index is -1.43. The third kappa shape index (κ3) is 1.86. The molecule has 0 amide bonds. The highest BCUT2D eigenvalue weighted by Crippen LogP contribution is 2.21. The molecule has 0 spiro atoms. The Morgan fingerprint density at radius 1 is 1.71 bits per heavy atom. The van der Waals surface area contributed by atoms with Crippen LogP contribution in [-0.2, 0) is 10.3 Å². The number of aliphatic carboxylic acids is 1. The van der Waals surface area contributed by atoms with Crippen molar-refractivity contribution in [3.8, 4) is 0 Å². The maximum atomic E-state index is 10.8. The van der Waals surface area contributed by atoms with E-state index in [1.54, 1.807) is 13.0 Å². The number of aryl methyl sites for hydroxylation is 1. The highest BCUT2D eigenvalue weighted by Gasteiger charge is 2.30. The van der Waals surface area contributed by atoms with Gasteiger partial charge in [-0.05, 0) is 25.5 Å². The van der Waals surface area contributed by atoms with Crippen LogP contribution in [0.25, 0.3) is 0 Å². The van der Waals surface area contributed by atoms with Gasteiger partial charge < -0.3 is 10.8 Å². The zero-order valence-electron chi connectivity index (χ0n) is 7.91. The first-order valence-electron chi connectivity index (χ1n) is 4.00. The van der Waals surface area contributed by atoms with Crippen LogP contribution in [0, 0.1) is 6.92 Å². The van der Waals surface area contributed by atoms with E-state index >= 15 is 0 Å². The van der Waals surface area contributed by atoms with Gasteiger partial charge in [-0.3, -0.25) is 0 Å². The van der Waals surface area contributed by atoms with Gasteiger partial charge in [-0.25, -0.2) is 9.78 Å². The topological polar surface area (TPSA) is 76.2 Å². The van der Waals surface area contributed by atoms with Crippen LogP contribution < -0.4 is 5.73 Å². The number of pyridine rings is 1. The van der Waals surface area contributed by atoms with Gasteiger partial charge in [-0.2, -0.15) is 0 Å². The largest absolute Gasteiger partial charge is 0.480 e. The van der Waals surface area contributed by atoms with Crippen molar-refractivity contribution in [2.75, 3.05) is 0 Å². The van der Waals surface area contributed by atoms with Crippen LogP contribution in [0.5, 0.6) is 0 Å². The van der Waals surface area contributed by atoms with Crippen molar-refractivity contribution in [2.45, 2.75) is 19.4 Å². The monoisotopic (exact) mass is 214 g/mol. The summed E-state index contributed by atoms with van der Waals surface area (Å²) in [5.74, 6) is -1.10. The van der Waals surface area contributed by atoms with Crippen molar-refractivity contribution < 1.29 is 9.90 Å². The van der Waals surface area contributed by atoms with Crippen molar-refractivity contribution in [1.29, 1.82) is 0 Å². The van der Waals surface area contributed by atoms with Gasteiger partial charge >= 0.3 is 5.97 Å². The molecule has 1 atom stereocenters. The molecule has 0 unspecified atom stereocenters. The maximum Gasteiger partial charge on any atom is 0.328 e. The van der Waals surface area contributed by atoms with E-state index in [1.165, 1.54) is 13.1 Å². The molecular weight excluding hydrogens is 204 g/mol. The highest BCUT2D eigenvalue weighted by atomic mass is 35.5. The molecule has 0 saturated carbocycles. The fourth-order valence-corrected chi connectivity index (χ4v) is 1.07. The van der Waals surface area contributed by atoms with Gasteiger partial charge in [-0.15, -0.1) is 0 Å². The zero-order chi connectivity index (χ0) is 10.9. The van der Waals surface area contributed by atoms with Gasteiger partial charge in [0, 0.05) is 11.8 Å². The van der Waals surface area contributed by atoms with Crippen LogP contribution in [-0.4, -0.2) is 16.1 Å². The molecule has 0 aliphatic rings. The highest BCUT2D eigenvalue weighted by molar-refractivity contribution is 6.30. The molecule has 3 N–H and O–H groups in total. The lowest BCUT2D eigenvalue weighted by atomic mass is 9.94. The van der Waals surface area contributed by atoms with Gasteiger partial charge in [0.2, 0.25) is 0 Å². The quantitative estimate of drug-likeness (QED) is 0.728. The summed E-state index contributed by atoms with van der Waals surface area (Å²) in [6, 6.07) is 1.63.